The van der Waals surface area contributed by atoms with Crippen molar-refractivity contribution in [3.63, 3.8) is 0 Å². The molecule has 2 heterocycles. The van der Waals surface area contributed by atoms with Crippen LogP contribution in [0.4, 0.5) is 0 Å². The monoisotopic (exact) mass is 837 g/mol. The summed E-state index contributed by atoms with van der Waals surface area (Å²) in [6.07, 6.45) is 21.7. The molecule has 0 aliphatic rings. The molecule has 0 radical (unpaired) electrons. The van der Waals surface area contributed by atoms with E-state index in [1.807, 2.05) is 4.72 Å². The number of nitrogens with one attached hydrogen (secondary N) is 5. The van der Waals surface area contributed by atoms with E-state index >= 15 is 0 Å². The number of imidazole rings is 1. The van der Waals surface area contributed by atoms with E-state index in [1.54, 1.807) is 12.5 Å². The minimum atomic E-state index is -4.10. The molecule has 18 nitrogen and oxygen atoms in total. The summed E-state index contributed by atoms with van der Waals surface area (Å²) >= 11 is 0. The lowest BCUT2D eigenvalue weighted by Gasteiger charge is -2.13. The fourth-order valence-electron chi connectivity index (χ4n) is 6.25. The largest absolute Gasteiger partial charge is 0.377 e. The lowest BCUT2D eigenvalue weighted by atomic mass is 9.91. The van der Waals surface area contributed by atoms with Gasteiger partial charge in [-0.05, 0) is 39.0 Å². The fourth-order valence-corrected chi connectivity index (χ4v) is 7.22. The third kappa shape index (κ3) is 27.5. The van der Waals surface area contributed by atoms with Crippen LogP contribution in [-0.4, -0.2) is 114 Å². The van der Waals surface area contributed by atoms with Crippen LogP contribution >= 0.6 is 0 Å². The number of hydrogen-bond acceptors (Lipinski definition) is 13. The second-order valence-electron chi connectivity index (χ2n) is 14.7. The van der Waals surface area contributed by atoms with Crippen LogP contribution in [0.1, 0.15) is 140 Å². The molecular weight excluding hydrogens is 771 g/mol. The minimum absolute atomic E-state index is 0.0116. The number of rotatable bonds is 38. The third-order valence-corrected chi connectivity index (χ3v) is 10.7. The molecule has 2 rings (SSSR count). The topological polar surface area (TPSA) is 257 Å². The lowest BCUT2D eigenvalue weighted by Crippen LogP contribution is -2.39. The first kappa shape index (κ1) is 50.0. The second-order valence-corrected chi connectivity index (χ2v) is 16.4. The average molecular weight is 838 g/mol. The summed E-state index contributed by atoms with van der Waals surface area (Å²) in [4.78, 5) is 67.4. The normalized spacial score (nSPS) is 11.9. The number of carbonyl (C=O) groups excluding carboxylic acids is 5. The van der Waals surface area contributed by atoms with E-state index in [4.69, 9.17) is 9.47 Å². The summed E-state index contributed by atoms with van der Waals surface area (Å²) in [6, 6.07) is 0. The number of unbranched alkanes of at least 4 members (excludes halogenated alkanes) is 13. The summed E-state index contributed by atoms with van der Waals surface area (Å²) < 4.78 is 37.1. The van der Waals surface area contributed by atoms with Crippen LogP contribution in [0, 0.1) is 5.92 Å². The molecule has 0 aliphatic heterocycles. The van der Waals surface area contributed by atoms with Crippen molar-refractivity contribution in [1.82, 2.24) is 45.9 Å². The van der Waals surface area contributed by atoms with E-state index in [1.165, 1.54) is 51.9 Å². The Morgan fingerprint density at radius 1 is 0.724 bits per heavy atom. The molecule has 0 fully saturated rings. The molecule has 0 aromatic carbocycles. The van der Waals surface area contributed by atoms with Gasteiger partial charge in [0, 0.05) is 56.6 Å². The van der Waals surface area contributed by atoms with Gasteiger partial charge >= 0.3 is 0 Å². The van der Waals surface area contributed by atoms with Crippen LogP contribution in [0.5, 0.6) is 0 Å². The van der Waals surface area contributed by atoms with Crippen LogP contribution in [-0.2, 0) is 56.3 Å². The number of aromatic nitrogens is 6. The maximum atomic E-state index is 12.3. The van der Waals surface area contributed by atoms with Gasteiger partial charge in [0.15, 0.2) is 5.82 Å². The zero-order valence-corrected chi connectivity index (χ0v) is 35.2. The van der Waals surface area contributed by atoms with E-state index < -0.39 is 27.6 Å². The van der Waals surface area contributed by atoms with Crippen LogP contribution in [0.2, 0.25) is 0 Å². The van der Waals surface area contributed by atoms with E-state index in [2.05, 4.69) is 41.2 Å². The predicted octanol–water partition coefficient (Wildman–Crippen LogP) is 3.61. The Kier molecular flexibility index (Phi) is 27.5. The van der Waals surface area contributed by atoms with Crippen LogP contribution in [0.3, 0.4) is 0 Å². The highest BCUT2D eigenvalue weighted by Crippen LogP contribution is 2.17. The van der Waals surface area contributed by atoms with Crippen molar-refractivity contribution >= 4 is 39.3 Å². The summed E-state index contributed by atoms with van der Waals surface area (Å²) in [5, 5.41) is 19.2. The molecule has 5 N–H and O–H groups in total. The van der Waals surface area contributed by atoms with Gasteiger partial charge in [-0.25, -0.2) is 13.4 Å². The van der Waals surface area contributed by atoms with Crippen molar-refractivity contribution < 1.29 is 41.9 Å². The number of aryl methyl sites for hydroxylation is 2. The van der Waals surface area contributed by atoms with Gasteiger partial charge in [0.2, 0.25) is 27.7 Å². The van der Waals surface area contributed by atoms with E-state index in [-0.39, 0.29) is 69.2 Å². The standard InChI is InChI=1S/C39H67N9O9S/c1-32(49)33(27-35(50)21-20-34-28-40-31-43-34)17-15-16-22-41-38(52)29-57-26-25-56-24-23-42-39(53)30-58(54,55)46-37(51)19-14-12-10-8-6-4-2-3-5-7-9-11-13-18-36-44-47-48-45-36/h28,31,33H,2-27,29-30H2,1H3,(H,40,43)(H,41,52)(H,42,53)(H,46,51)(H,44,45,47,48)/t33-/m1/s1. The summed E-state index contributed by atoms with van der Waals surface area (Å²) in [5.41, 5.74) is 0.884. The van der Waals surface area contributed by atoms with Crippen LogP contribution < -0.4 is 15.4 Å². The van der Waals surface area contributed by atoms with Gasteiger partial charge in [-0.15, -0.1) is 10.2 Å². The Morgan fingerprint density at radius 2 is 1.38 bits per heavy atom. The lowest BCUT2D eigenvalue weighted by molar-refractivity contribution is -0.127. The molecule has 2 aromatic rings. The number of hydrogen-bond donors (Lipinski definition) is 5. The second kappa shape index (κ2) is 31.8. The number of H-pyrrole nitrogens is 2. The molecule has 19 heteroatoms. The van der Waals surface area contributed by atoms with Crippen LogP contribution in [0.15, 0.2) is 12.5 Å². The first-order valence-corrected chi connectivity index (χ1v) is 22.6. The van der Waals surface area contributed by atoms with Crippen molar-refractivity contribution in [1.29, 1.82) is 0 Å². The Balaban J connectivity index is 1.34. The SMILES string of the molecule is CC(=O)[C@H](CCCCNC(=O)COCCOCCNC(=O)CS(=O)(=O)NC(=O)CCCCCCCCCCCCCCCc1nn[nH]n1)CC(=O)CCc1cnc[nH]1. The first-order chi connectivity index (χ1) is 28.0. The number of tetrazole rings is 1. The highest BCUT2D eigenvalue weighted by molar-refractivity contribution is 7.90. The van der Waals surface area contributed by atoms with Crippen molar-refractivity contribution in [3.8, 4) is 0 Å². The summed E-state index contributed by atoms with van der Waals surface area (Å²) in [6.45, 7) is 2.25. The average Bonchev–Trinajstić information content (AvgIpc) is 3.91. The number of ketones is 2. The molecule has 0 saturated heterocycles. The smallest absolute Gasteiger partial charge is 0.245 e. The van der Waals surface area contributed by atoms with Gasteiger partial charge in [0.1, 0.15) is 23.9 Å². The fraction of sp³-hybridized carbons (Fsp3) is 0.769. The first-order valence-electron chi connectivity index (χ1n) is 21.0. The number of sulfonamides is 1. The Labute approximate surface area is 343 Å². The van der Waals surface area contributed by atoms with Gasteiger partial charge in [0.25, 0.3) is 0 Å². The molecule has 1 atom stereocenters. The van der Waals surface area contributed by atoms with Gasteiger partial charge in [0.05, 0.1) is 26.1 Å². The molecule has 0 spiro atoms. The quantitative estimate of drug-likeness (QED) is 0.0607. The molecule has 328 valence electrons. The van der Waals surface area contributed by atoms with Crippen LogP contribution in [0.25, 0.3) is 0 Å². The zero-order valence-electron chi connectivity index (χ0n) is 34.4. The van der Waals surface area contributed by atoms with Crippen molar-refractivity contribution in [2.24, 2.45) is 5.92 Å². The molecule has 0 aliphatic carbocycles. The van der Waals surface area contributed by atoms with Gasteiger partial charge in [-0.2, -0.15) is 5.21 Å². The molecule has 3 amide bonds. The summed E-state index contributed by atoms with van der Waals surface area (Å²) in [7, 11) is -4.10. The maximum Gasteiger partial charge on any atom is 0.245 e. The van der Waals surface area contributed by atoms with Crippen molar-refractivity contribution in [3.05, 3.63) is 24.0 Å². The number of nitrogens with zero attached hydrogens (tertiary/aromatic N) is 4. The predicted molar refractivity (Wildman–Crippen MR) is 217 cm³/mol. The highest BCUT2D eigenvalue weighted by atomic mass is 32.2. The van der Waals surface area contributed by atoms with Crippen molar-refractivity contribution in [2.45, 2.75) is 142 Å². The number of ether oxygens (including phenoxy) is 2. The number of carbonyl (C=O) groups is 5. The maximum absolute atomic E-state index is 12.3. The Bertz CT molecular complexity index is 1520. The van der Waals surface area contributed by atoms with Gasteiger partial charge < -0.3 is 25.1 Å². The van der Waals surface area contributed by atoms with E-state index in [0.29, 0.717) is 45.1 Å². The third-order valence-electron chi connectivity index (χ3n) is 9.54. The zero-order chi connectivity index (χ0) is 42.1. The molecule has 58 heavy (non-hydrogen) atoms. The highest BCUT2D eigenvalue weighted by Gasteiger charge is 2.20. The number of amides is 3. The molecule has 0 unspecified atom stereocenters. The van der Waals surface area contributed by atoms with Crippen molar-refractivity contribution in [2.75, 3.05) is 45.3 Å². The van der Waals surface area contributed by atoms with Gasteiger partial charge in [-0.3, -0.25) is 28.7 Å². The minimum Gasteiger partial charge on any atom is -0.377 e. The number of Topliss-reactive ketones (excluding diaryl/α,β-unsaturated/α-hetero) is 2. The molecule has 0 bridgehead atoms. The van der Waals surface area contributed by atoms with E-state index in [9.17, 15) is 32.4 Å². The Hall–Kier alpha value is -4.10. The molecular formula is C39H67N9O9S. The summed E-state index contributed by atoms with van der Waals surface area (Å²) in [5.74, 6) is -2.02. The molecule has 0 saturated carbocycles. The van der Waals surface area contributed by atoms with E-state index in [0.717, 1.165) is 50.0 Å². The van der Waals surface area contributed by atoms with Gasteiger partial charge in [-0.1, -0.05) is 82.3 Å². The Morgan fingerprint density at radius 3 is 2.02 bits per heavy atom. The number of aromatic amines is 2. The molecule has 2 aromatic heterocycles.